The summed E-state index contributed by atoms with van der Waals surface area (Å²) in [5.74, 6) is -2.70. The van der Waals surface area contributed by atoms with E-state index in [4.69, 9.17) is 0 Å². The second-order valence-corrected chi connectivity index (χ2v) is 7.59. The summed E-state index contributed by atoms with van der Waals surface area (Å²) in [5, 5.41) is 29.1. The molecule has 1 fully saturated rings. The van der Waals surface area contributed by atoms with Gasteiger partial charge in [-0.1, -0.05) is 0 Å². The third-order valence-electron chi connectivity index (χ3n) is 5.53. The minimum atomic E-state index is -1.21. The largest absolute Gasteiger partial charge is 0.394 e. The normalized spacial score (nSPS) is 30.3. The van der Waals surface area contributed by atoms with Crippen molar-refractivity contribution in [2.24, 2.45) is 21.0 Å². The van der Waals surface area contributed by atoms with Crippen LogP contribution in [0.3, 0.4) is 0 Å². The number of hydrogen-bond acceptors (Lipinski definition) is 8. The highest BCUT2D eigenvalue weighted by Gasteiger charge is 2.43. The van der Waals surface area contributed by atoms with Gasteiger partial charge in [0.05, 0.1) is 18.8 Å². The van der Waals surface area contributed by atoms with Crippen molar-refractivity contribution in [3.05, 3.63) is 35.4 Å². The molecule has 0 bridgehead atoms. The minimum absolute atomic E-state index is 0.0107. The van der Waals surface area contributed by atoms with Gasteiger partial charge in [0, 0.05) is 18.0 Å². The molecule has 0 spiro atoms. The van der Waals surface area contributed by atoms with E-state index in [1.54, 1.807) is 0 Å². The smallest absolute Gasteiger partial charge is 0.268 e. The molecule has 2 unspecified atom stereocenters. The van der Waals surface area contributed by atoms with Crippen LogP contribution in [0, 0.1) is 17.6 Å². The molecule has 2 aliphatic heterocycles. The van der Waals surface area contributed by atoms with Crippen molar-refractivity contribution in [3.63, 3.8) is 0 Å². The highest BCUT2D eigenvalue weighted by atomic mass is 19.1. The van der Waals surface area contributed by atoms with Crippen molar-refractivity contribution in [2.45, 2.75) is 43.4 Å². The number of benzene rings is 1. The monoisotopic (exact) mass is 438 g/mol. The molecule has 31 heavy (non-hydrogen) atoms. The van der Waals surface area contributed by atoms with Gasteiger partial charge in [-0.3, -0.25) is 20.5 Å². The summed E-state index contributed by atoms with van der Waals surface area (Å²) in [6.07, 6.45) is -1.42. The molecule has 0 aromatic heterocycles. The van der Waals surface area contributed by atoms with Crippen molar-refractivity contribution in [2.75, 3.05) is 6.61 Å². The van der Waals surface area contributed by atoms with Crippen LogP contribution in [0.5, 0.6) is 0 Å². The number of hydrogen-bond donors (Lipinski definition) is 5. The number of alkyl halides is 1. The molecule has 3 aliphatic rings. The second kappa shape index (κ2) is 8.73. The zero-order valence-electron chi connectivity index (χ0n) is 16.2. The highest BCUT2D eigenvalue weighted by molar-refractivity contribution is 6.45. The van der Waals surface area contributed by atoms with Crippen molar-refractivity contribution in [1.82, 2.24) is 16.1 Å². The topological polar surface area (TPSA) is 131 Å². The Bertz CT molecular complexity index is 956. The Labute approximate surface area is 175 Å². The Hall–Kier alpha value is -2.83. The third-order valence-corrected chi connectivity index (χ3v) is 5.53. The fraction of sp³-hybridized carbons (Fsp3) is 0.474. The number of aliphatic imine (C=N–C) groups is 2. The van der Waals surface area contributed by atoms with Crippen molar-refractivity contribution >= 4 is 23.8 Å². The van der Waals surface area contributed by atoms with Gasteiger partial charge in [-0.15, -0.1) is 0 Å². The molecule has 1 aromatic rings. The average Bonchev–Trinajstić information content (AvgIpc) is 3.31. The third kappa shape index (κ3) is 4.31. The lowest BCUT2D eigenvalue weighted by Gasteiger charge is -2.28. The van der Waals surface area contributed by atoms with E-state index in [2.05, 4.69) is 31.1 Å². The fourth-order valence-electron chi connectivity index (χ4n) is 3.97. The molecule has 166 valence electrons. The number of hydrazone groups is 1. The number of halogens is 3. The zero-order chi connectivity index (χ0) is 22.1. The van der Waals surface area contributed by atoms with Gasteiger partial charge in [-0.25, -0.2) is 18.2 Å². The molecule has 2 heterocycles. The van der Waals surface area contributed by atoms with E-state index in [0.29, 0.717) is 5.84 Å². The van der Waals surface area contributed by atoms with Crippen LogP contribution in [-0.4, -0.2) is 65.1 Å². The molecular formula is C19H21F3N6O3. The maximum Gasteiger partial charge on any atom is 0.268 e. The summed E-state index contributed by atoms with van der Waals surface area (Å²) in [6.45, 7) is -0.676. The summed E-state index contributed by atoms with van der Waals surface area (Å²) < 4.78 is 41.2. The molecule has 0 saturated heterocycles. The van der Waals surface area contributed by atoms with Gasteiger partial charge < -0.3 is 15.5 Å². The van der Waals surface area contributed by atoms with Crippen LogP contribution in [0.15, 0.2) is 33.3 Å². The van der Waals surface area contributed by atoms with E-state index in [-0.39, 0.29) is 24.1 Å². The Morgan fingerprint density at radius 1 is 1.32 bits per heavy atom. The van der Waals surface area contributed by atoms with E-state index in [9.17, 15) is 28.2 Å². The predicted octanol–water partition coefficient (Wildman–Crippen LogP) is -0.0927. The van der Waals surface area contributed by atoms with Crippen LogP contribution in [0.4, 0.5) is 13.2 Å². The van der Waals surface area contributed by atoms with Gasteiger partial charge in [-0.2, -0.15) is 5.10 Å². The van der Waals surface area contributed by atoms with E-state index in [1.165, 1.54) is 6.34 Å². The molecule has 5 N–H and O–H groups in total. The molecule has 1 amide bonds. The van der Waals surface area contributed by atoms with E-state index >= 15 is 0 Å². The summed E-state index contributed by atoms with van der Waals surface area (Å²) in [4.78, 5) is 21.1. The quantitative estimate of drug-likeness (QED) is 0.424. The van der Waals surface area contributed by atoms with Gasteiger partial charge in [0.2, 0.25) is 0 Å². The zero-order valence-corrected chi connectivity index (χ0v) is 16.2. The number of amidine groups is 1. The Kier molecular flexibility index (Phi) is 6.03. The van der Waals surface area contributed by atoms with Crippen molar-refractivity contribution in [1.29, 1.82) is 0 Å². The summed E-state index contributed by atoms with van der Waals surface area (Å²) in [6, 6.07) is 0.947. The Balaban J connectivity index is 1.50. The first-order valence-corrected chi connectivity index (χ1v) is 9.75. The predicted molar refractivity (Wildman–Crippen MR) is 105 cm³/mol. The van der Waals surface area contributed by atoms with Gasteiger partial charge in [0.15, 0.2) is 0 Å². The van der Waals surface area contributed by atoms with Gasteiger partial charge in [-0.05, 0) is 24.6 Å². The lowest BCUT2D eigenvalue weighted by atomic mass is 9.96. The Morgan fingerprint density at radius 3 is 2.84 bits per heavy atom. The van der Waals surface area contributed by atoms with Crippen LogP contribution in [0.2, 0.25) is 0 Å². The summed E-state index contributed by atoms with van der Waals surface area (Å²) in [5.41, 5.74) is 2.37. The highest BCUT2D eigenvalue weighted by Crippen LogP contribution is 2.26. The van der Waals surface area contributed by atoms with Crippen LogP contribution in [0.25, 0.3) is 0 Å². The number of carbonyl (C=O) groups excluding carboxylic acids is 1. The molecule has 1 saturated carbocycles. The SMILES string of the molecule is O=C(N[C@H](CO)c1cc(F)ccc1F)C1=NNC2=NC=NC(N[C@H]3C[C@H](F)C[C@@H]3O)C21. The summed E-state index contributed by atoms with van der Waals surface area (Å²) >= 11 is 0. The molecule has 1 aromatic carbocycles. The van der Waals surface area contributed by atoms with Crippen LogP contribution in [-0.2, 0) is 4.79 Å². The second-order valence-electron chi connectivity index (χ2n) is 7.59. The molecule has 4 rings (SSSR count). The number of rotatable bonds is 6. The molecule has 12 heteroatoms. The van der Waals surface area contributed by atoms with E-state index in [0.717, 1.165) is 18.2 Å². The molecule has 6 atom stereocenters. The number of carbonyl (C=O) groups is 1. The van der Waals surface area contributed by atoms with Crippen molar-refractivity contribution in [3.8, 4) is 0 Å². The van der Waals surface area contributed by atoms with E-state index < -0.39 is 60.6 Å². The first kappa shape index (κ1) is 21.4. The van der Waals surface area contributed by atoms with E-state index in [1.807, 2.05) is 0 Å². The fourth-order valence-corrected chi connectivity index (χ4v) is 3.97. The average molecular weight is 438 g/mol. The maximum atomic E-state index is 14.1. The number of amides is 1. The number of nitrogens with zero attached hydrogens (tertiary/aromatic N) is 3. The van der Waals surface area contributed by atoms with Gasteiger partial charge >= 0.3 is 0 Å². The van der Waals surface area contributed by atoms with Gasteiger partial charge in [0.1, 0.15) is 47.8 Å². The molecule has 0 radical (unpaired) electrons. The number of aliphatic hydroxyl groups excluding tert-OH is 2. The molecule has 1 aliphatic carbocycles. The Morgan fingerprint density at radius 2 is 2.13 bits per heavy atom. The van der Waals surface area contributed by atoms with Crippen LogP contribution >= 0.6 is 0 Å². The lowest BCUT2D eigenvalue weighted by Crippen LogP contribution is -2.52. The molecular weight excluding hydrogens is 417 g/mol. The van der Waals surface area contributed by atoms with Crippen molar-refractivity contribution < 1.29 is 28.2 Å². The summed E-state index contributed by atoms with van der Waals surface area (Å²) in [7, 11) is 0. The minimum Gasteiger partial charge on any atom is -0.394 e. The first-order chi connectivity index (χ1) is 14.9. The molecule has 9 nitrogen and oxygen atoms in total. The first-order valence-electron chi connectivity index (χ1n) is 9.75. The number of aliphatic hydroxyl groups is 2. The number of fused-ring (bicyclic) bond motifs is 1. The van der Waals surface area contributed by atoms with Crippen LogP contribution in [0.1, 0.15) is 24.4 Å². The van der Waals surface area contributed by atoms with Crippen LogP contribution < -0.4 is 16.1 Å². The number of nitrogens with one attached hydrogen (secondary N) is 3. The maximum absolute atomic E-state index is 14.1. The standard InChI is InChI=1S/C19H21F3N6O3/c20-8-1-2-11(22)10(3-8)13(6-29)26-19(31)16-15-17(23-7-24-18(15)28-27-16)25-12-4-9(21)5-14(12)30/h1-3,7,9,12-15,17,25,29-30H,4-6H2,(H,26,31)(H,23,24,28)/t9-,12-,13+,14-,15?,17?/m0/s1. The lowest BCUT2D eigenvalue weighted by molar-refractivity contribution is -0.116. The van der Waals surface area contributed by atoms with Gasteiger partial charge in [0.25, 0.3) is 5.91 Å².